The Bertz CT molecular complexity index is 665. The summed E-state index contributed by atoms with van der Waals surface area (Å²) in [5, 5.41) is 17.6. The zero-order valence-corrected chi connectivity index (χ0v) is 11.4. The van der Waals surface area contributed by atoms with Crippen LogP contribution in [0.25, 0.3) is 0 Å². The lowest BCUT2D eigenvalue weighted by molar-refractivity contribution is -0.138. The topological polar surface area (TPSA) is 71.2 Å². The molecule has 6 nitrogen and oxygen atoms in total. The summed E-state index contributed by atoms with van der Waals surface area (Å²) in [5.74, 6) is 0.782. The van der Waals surface area contributed by atoms with Gasteiger partial charge in [0.05, 0.1) is 6.54 Å². The van der Waals surface area contributed by atoms with Crippen molar-refractivity contribution in [2.75, 3.05) is 4.90 Å². The molecule has 0 amide bonds. The Kier molecular flexibility index (Phi) is 2.93. The summed E-state index contributed by atoms with van der Waals surface area (Å²) in [7, 11) is 1.89. The Morgan fingerprint density at radius 1 is 1.40 bits per heavy atom. The van der Waals surface area contributed by atoms with Crippen LogP contribution in [0.1, 0.15) is 17.2 Å². The molecule has 0 aliphatic carbocycles. The van der Waals surface area contributed by atoms with Crippen molar-refractivity contribution < 1.29 is 9.90 Å². The Hall–Kier alpha value is -2.37. The highest BCUT2D eigenvalue weighted by molar-refractivity contribution is 5.82. The number of para-hydroxylation sites is 1. The smallest absolute Gasteiger partial charge is 0.326 e. The minimum Gasteiger partial charge on any atom is -0.480 e. The van der Waals surface area contributed by atoms with Crippen molar-refractivity contribution in [2.24, 2.45) is 7.05 Å². The average molecular weight is 272 g/mol. The molecule has 2 aromatic rings. The summed E-state index contributed by atoms with van der Waals surface area (Å²) in [5.41, 5.74) is 2.04. The summed E-state index contributed by atoms with van der Waals surface area (Å²) >= 11 is 0. The average Bonchev–Trinajstić information content (AvgIpc) is 2.95. The van der Waals surface area contributed by atoms with Gasteiger partial charge in [-0.15, -0.1) is 10.2 Å². The third-order valence-corrected chi connectivity index (χ3v) is 3.87. The normalized spacial score (nSPS) is 17.3. The summed E-state index contributed by atoms with van der Waals surface area (Å²) < 4.78 is 1.89. The maximum absolute atomic E-state index is 11.5. The van der Waals surface area contributed by atoms with Crippen LogP contribution in [0.2, 0.25) is 0 Å². The maximum atomic E-state index is 11.5. The van der Waals surface area contributed by atoms with E-state index in [0.717, 1.165) is 22.9 Å². The number of hydrogen-bond acceptors (Lipinski definition) is 4. The number of aryl methyl sites for hydroxylation is 1. The number of fused-ring (bicyclic) bond motifs is 1. The highest BCUT2D eigenvalue weighted by atomic mass is 16.4. The predicted molar refractivity (Wildman–Crippen MR) is 73.5 cm³/mol. The van der Waals surface area contributed by atoms with Crippen LogP contribution < -0.4 is 4.90 Å². The number of carboxylic acids is 1. The quantitative estimate of drug-likeness (QED) is 0.907. The van der Waals surface area contributed by atoms with Gasteiger partial charge in [-0.2, -0.15) is 0 Å². The van der Waals surface area contributed by atoms with Gasteiger partial charge in [-0.05, 0) is 18.6 Å². The molecular weight excluding hydrogens is 256 g/mol. The lowest BCUT2D eigenvalue weighted by Crippen LogP contribution is -2.38. The van der Waals surface area contributed by atoms with Crippen LogP contribution in [0.15, 0.2) is 24.3 Å². The molecule has 1 unspecified atom stereocenters. The molecule has 1 aliphatic heterocycles. The molecule has 1 aromatic heterocycles. The Morgan fingerprint density at radius 3 is 2.80 bits per heavy atom. The van der Waals surface area contributed by atoms with E-state index in [1.165, 1.54) is 0 Å². The fraction of sp³-hybridized carbons (Fsp3) is 0.357. The highest BCUT2D eigenvalue weighted by Gasteiger charge is 2.34. The molecule has 6 heteroatoms. The lowest BCUT2D eigenvalue weighted by Gasteiger charge is -2.24. The van der Waals surface area contributed by atoms with Gasteiger partial charge in [0, 0.05) is 19.2 Å². The Balaban J connectivity index is 1.96. The second-order valence-electron chi connectivity index (χ2n) is 5.04. The highest BCUT2D eigenvalue weighted by Crippen LogP contribution is 2.33. The number of aromatic nitrogens is 3. The Labute approximate surface area is 116 Å². The molecule has 20 heavy (non-hydrogen) atoms. The number of carboxylic acid groups (broad SMARTS) is 1. The molecular formula is C14H16N4O2. The first-order valence-corrected chi connectivity index (χ1v) is 6.50. The first kappa shape index (κ1) is 12.7. The van der Waals surface area contributed by atoms with E-state index in [1.807, 2.05) is 47.7 Å². The molecule has 0 saturated heterocycles. The van der Waals surface area contributed by atoms with Gasteiger partial charge in [0.1, 0.15) is 11.9 Å². The van der Waals surface area contributed by atoms with E-state index in [0.29, 0.717) is 13.0 Å². The predicted octanol–water partition coefficient (Wildman–Crippen LogP) is 1.14. The van der Waals surface area contributed by atoms with Crippen molar-refractivity contribution in [1.29, 1.82) is 0 Å². The van der Waals surface area contributed by atoms with Crippen molar-refractivity contribution >= 4 is 11.7 Å². The van der Waals surface area contributed by atoms with Crippen LogP contribution >= 0.6 is 0 Å². The summed E-state index contributed by atoms with van der Waals surface area (Å²) in [6.45, 7) is 2.33. The van der Waals surface area contributed by atoms with E-state index in [2.05, 4.69) is 10.2 Å². The van der Waals surface area contributed by atoms with Gasteiger partial charge in [0.2, 0.25) is 0 Å². The van der Waals surface area contributed by atoms with Crippen molar-refractivity contribution in [3.8, 4) is 0 Å². The molecule has 1 atom stereocenters. The Morgan fingerprint density at radius 2 is 2.15 bits per heavy atom. The van der Waals surface area contributed by atoms with Gasteiger partial charge in [-0.1, -0.05) is 18.2 Å². The van der Waals surface area contributed by atoms with Crippen LogP contribution in [0, 0.1) is 6.92 Å². The number of aliphatic carboxylic acids is 1. The molecule has 104 valence electrons. The van der Waals surface area contributed by atoms with Crippen LogP contribution in [-0.4, -0.2) is 31.9 Å². The fourth-order valence-corrected chi connectivity index (χ4v) is 2.61. The molecule has 0 radical (unpaired) electrons. The molecule has 0 saturated carbocycles. The first-order chi connectivity index (χ1) is 9.58. The molecule has 2 heterocycles. The number of carbonyl (C=O) groups is 1. The number of benzene rings is 1. The summed E-state index contributed by atoms with van der Waals surface area (Å²) in [4.78, 5) is 13.4. The zero-order chi connectivity index (χ0) is 14.3. The van der Waals surface area contributed by atoms with Gasteiger partial charge < -0.3 is 14.6 Å². The van der Waals surface area contributed by atoms with E-state index in [-0.39, 0.29) is 0 Å². The number of nitrogens with zero attached hydrogens (tertiary/aromatic N) is 4. The van der Waals surface area contributed by atoms with E-state index in [9.17, 15) is 9.90 Å². The molecule has 0 fully saturated rings. The SMILES string of the molecule is Cc1nnc(CN2c3ccccc3CC2C(=O)O)n1C. The first-order valence-electron chi connectivity index (χ1n) is 6.50. The van der Waals surface area contributed by atoms with Crippen LogP contribution in [0.3, 0.4) is 0 Å². The van der Waals surface area contributed by atoms with E-state index >= 15 is 0 Å². The van der Waals surface area contributed by atoms with Crippen LogP contribution in [0.4, 0.5) is 5.69 Å². The third-order valence-electron chi connectivity index (χ3n) is 3.87. The van der Waals surface area contributed by atoms with Crippen LogP contribution in [-0.2, 0) is 24.8 Å². The second-order valence-corrected chi connectivity index (χ2v) is 5.04. The van der Waals surface area contributed by atoms with E-state index < -0.39 is 12.0 Å². The molecule has 0 spiro atoms. The van der Waals surface area contributed by atoms with E-state index in [1.54, 1.807) is 0 Å². The zero-order valence-electron chi connectivity index (χ0n) is 11.4. The van der Waals surface area contributed by atoms with Gasteiger partial charge in [0.25, 0.3) is 0 Å². The van der Waals surface area contributed by atoms with E-state index in [4.69, 9.17) is 0 Å². The van der Waals surface area contributed by atoms with Gasteiger partial charge in [0.15, 0.2) is 5.82 Å². The van der Waals surface area contributed by atoms with Gasteiger partial charge in [-0.3, -0.25) is 0 Å². The largest absolute Gasteiger partial charge is 0.480 e. The molecule has 1 N–H and O–H groups in total. The lowest BCUT2D eigenvalue weighted by atomic mass is 10.1. The standard InChI is InChI=1S/C14H16N4O2/c1-9-15-16-13(17(9)2)8-18-11-6-4-3-5-10(11)7-12(18)14(19)20/h3-6,12H,7-8H2,1-2H3,(H,19,20). The van der Waals surface area contributed by atoms with Crippen molar-refractivity contribution in [3.63, 3.8) is 0 Å². The maximum Gasteiger partial charge on any atom is 0.326 e. The van der Waals surface area contributed by atoms with Crippen molar-refractivity contribution in [3.05, 3.63) is 41.5 Å². The molecule has 3 rings (SSSR count). The molecule has 0 bridgehead atoms. The van der Waals surface area contributed by atoms with Crippen LogP contribution in [0.5, 0.6) is 0 Å². The number of rotatable bonds is 3. The summed E-state index contributed by atoms with van der Waals surface area (Å²) in [6.07, 6.45) is 0.530. The number of anilines is 1. The summed E-state index contributed by atoms with van der Waals surface area (Å²) in [6, 6.07) is 7.27. The second kappa shape index (κ2) is 4.63. The van der Waals surface area contributed by atoms with Gasteiger partial charge >= 0.3 is 5.97 Å². The monoisotopic (exact) mass is 272 g/mol. The molecule has 1 aliphatic rings. The minimum atomic E-state index is -0.805. The van der Waals surface area contributed by atoms with Crippen molar-refractivity contribution in [2.45, 2.75) is 25.9 Å². The third kappa shape index (κ3) is 1.93. The molecule has 1 aromatic carbocycles. The van der Waals surface area contributed by atoms with Gasteiger partial charge in [-0.25, -0.2) is 4.79 Å². The fourth-order valence-electron chi connectivity index (χ4n) is 2.61. The minimum absolute atomic E-state index is 0.450. The van der Waals surface area contributed by atoms with Crippen molar-refractivity contribution in [1.82, 2.24) is 14.8 Å². The number of hydrogen-bond donors (Lipinski definition) is 1.